The largest absolute Gasteiger partial charge is 0.435 e. The summed E-state index contributed by atoms with van der Waals surface area (Å²) in [5.74, 6) is 0. The van der Waals surface area contributed by atoms with Crippen molar-refractivity contribution in [2.24, 2.45) is 0 Å². The molecule has 0 aliphatic rings. The van der Waals surface area contributed by atoms with Gasteiger partial charge >= 0.3 is 6.18 Å². The number of benzene rings is 1. The Labute approximate surface area is 121 Å². The van der Waals surface area contributed by atoms with Crippen molar-refractivity contribution in [1.29, 1.82) is 0 Å². The highest BCUT2D eigenvalue weighted by molar-refractivity contribution is 5.22. The second-order valence-electron chi connectivity index (χ2n) is 4.97. The maximum atomic E-state index is 12.8. The second-order valence-corrected chi connectivity index (χ2v) is 4.97. The molecule has 0 radical (unpaired) electrons. The van der Waals surface area contributed by atoms with Crippen molar-refractivity contribution in [3.05, 3.63) is 52.8 Å². The van der Waals surface area contributed by atoms with Gasteiger partial charge in [-0.1, -0.05) is 29.8 Å². The molecule has 0 aliphatic carbocycles. The van der Waals surface area contributed by atoms with Crippen LogP contribution in [0.1, 0.15) is 22.4 Å². The standard InChI is InChI=1S/C15H17F3N2O/c1-11-2-4-12(5-3-11)6-8-20-10-13(7-9-21)14(19-20)15(16,17)18/h2-5,10,21H,6-9H2,1H3. The molecule has 0 saturated carbocycles. The highest BCUT2D eigenvalue weighted by atomic mass is 19.4. The summed E-state index contributed by atoms with van der Waals surface area (Å²) in [7, 11) is 0. The molecule has 0 unspecified atom stereocenters. The summed E-state index contributed by atoms with van der Waals surface area (Å²) < 4.78 is 39.8. The van der Waals surface area contributed by atoms with Crippen LogP contribution in [-0.2, 0) is 25.6 Å². The molecule has 0 fully saturated rings. The second kappa shape index (κ2) is 6.30. The van der Waals surface area contributed by atoms with E-state index in [-0.39, 0.29) is 18.6 Å². The van der Waals surface area contributed by atoms with E-state index in [1.54, 1.807) is 0 Å². The van der Waals surface area contributed by atoms with Gasteiger partial charge in [0.05, 0.1) is 0 Å². The van der Waals surface area contributed by atoms with Gasteiger partial charge in [-0.05, 0) is 25.3 Å². The molecule has 2 aromatic rings. The van der Waals surface area contributed by atoms with E-state index in [0.29, 0.717) is 13.0 Å². The molecule has 0 atom stereocenters. The van der Waals surface area contributed by atoms with Crippen LogP contribution >= 0.6 is 0 Å². The molecule has 0 amide bonds. The molecule has 2 rings (SSSR count). The Morgan fingerprint density at radius 3 is 2.38 bits per heavy atom. The Bertz CT molecular complexity index is 588. The number of aryl methyl sites for hydroxylation is 3. The molecule has 1 heterocycles. The summed E-state index contributed by atoms with van der Waals surface area (Å²) in [5.41, 5.74) is 1.32. The molecule has 0 bridgehead atoms. The first-order valence-corrected chi connectivity index (χ1v) is 6.70. The Kier molecular flexibility index (Phi) is 4.67. The summed E-state index contributed by atoms with van der Waals surface area (Å²) >= 11 is 0. The quantitative estimate of drug-likeness (QED) is 0.921. The van der Waals surface area contributed by atoms with Crippen molar-refractivity contribution in [3.63, 3.8) is 0 Å². The molecule has 0 aliphatic heterocycles. The van der Waals surface area contributed by atoms with Crippen molar-refractivity contribution in [3.8, 4) is 0 Å². The van der Waals surface area contributed by atoms with E-state index in [1.165, 1.54) is 10.9 Å². The number of aromatic nitrogens is 2. The van der Waals surface area contributed by atoms with E-state index >= 15 is 0 Å². The SMILES string of the molecule is Cc1ccc(CCn2cc(CCO)c(C(F)(F)F)n2)cc1. The monoisotopic (exact) mass is 298 g/mol. The van der Waals surface area contributed by atoms with Gasteiger partial charge in [-0.15, -0.1) is 0 Å². The van der Waals surface area contributed by atoms with Gasteiger partial charge in [0.2, 0.25) is 0 Å². The predicted molar refractivity (Wildman–Crippen MR) is 72.9 cm³/mol. The van der Waals surface area contributed by atoms with E-state index in [9.17, 15) is 13.2 Å². The van der Waals surface area contributed by atoms with Crippen LogP contribution in [0.5, 0.6) is 0 Å². The molecule has 0 saturated heterocycles. The van der Waals surface area contributed by atoms with E-state index in [2.05, 4.69) is 5.10 Å². The molecule has 3 nitrogen and oxygen atoms in total. The summed E-state index contributed by atoms with van der Waals surface area (Å²) in [5, 5.41) is 12.5. The lowest BCUT2D eigenvalue weighted by atomic mass is 10.1. The molecule has 21 heavy (non-hydrogen) atoms. The van der Waals surface area contributed by atoms with Crippen LogP contribution in [0.2, 0.25) is 0 Å². The number of alkyl halides is 3. The fourth-order valence-corrected chi connectivity index (χ4v) is 2.12. The Balaban J connectivity index is 2.11. The van der Waals surface area contributed by atoms with Gasteiger partial charge < -0.3 is 5.11 Å². The normalized spacial score (nSPS) is 11.9. The molecule has 1 N–H and O–H groups in total. The lowest BCUT2D eigenvalue weighted by Gasteiger charge is -2.04. The number of halogens is 3. The van der Waals surface area contributed by atoms with Crippen LogP contribution < -0.4 is 0 Å². The van der Waals surface area contributed by atoms with Crippen molar-refractivity contribution in [1.82, 2.24) is 9.78 Å². The lowest BCUT2D eigenvalue weighted by Crippen LogP contribution is -2.11. The van der Waals surface area contributed by atoms with E-state index in [4.69, 9.17) is 5.11 Å². The number of rotatable bonds is 5. The van der Waals surface area contributed by atoms with Crippen LogP contribution in [0.25, 0.3) is 0 Å². The third-order valence-electron chi connectivity index (χ3n) is 3.24. The summed E-state index contributed by atoms with van der Waals surface area (Å²) in [6, 6.07) is 7.85. The maximum Gasteiger partial charge on any atom is 0.435 e. The average Bonchev–Trinajstić information content (AvgIpc) is 2.82. The molecule has 1 aromatic heterocycles. The summed E-state index contributed by atoms with van der Waals surface area (Å²) in [4.78, 5) is 0. The number of hydrogen-bond donors (Lipinski definition) is 1. The minimum atomic E-state index is -4.49. The first-order chi connectivity index (χ1) is 9.90. The van der Waals surface area contributed by atoms with Gasteiger partial charge in [-0.3, -0.25) is 4.68 Å². The van der Waals surface area contributed by atoms with Gasteiger partial charge in [0.15, 0.2) is 5.69 Å². The molecule has 1 aromatic carbocycles. The van der Waals surface area contributed by atoms with Gasteiger partial charge in [0.25, 0.3) is 0 Å². The van der Waals surface area contributed by atoms with Crippen molar-refractivity contribution in [2.75, 3.05) is 6.61 Å². The minimum absolute atomic E-state index is 0.0360. The smallest absolute Gasteiger partial charge is 0.396 e. The van der Waals surface area contributed by atoms with E-state index in [1.807, 2.05) is 31.2 Å². The lowest BCUT2D eigenvalue weighted by molar-refractivity contribution is -0.142. The number of nitrogens with zero attached hydrogens (tertiary/aromatic N) is 2. The predicted octanol–water partition coefficient (Wildman–Crippen LogP) is 2.99. The zero-order valence-corrected chi connectivity index (χ0v) is 11.7. The van der Waals surface area contributed by atoms with Gasteiger partial charge in [-0.25, -0.2) is 0 Å². The Morgan fingerprint density at radius 2 is 1.81 bits per heavy atom. The van der Waals surface area contributed by atoms with Crippen LogP contribution in [0, 0.1) is 6.92 Å². The Morgan fingerprint density at radius 1 is 1.14 bits per heavy atom. The molecular formula is C15H17F3N2O. The maximum absolute atomic E-state index is 12.8. The Hall–Kier alpha value is -1.82. The summed E-state index contributed by atoms with van der Waals surface area (Å²) in [6.07, 6.45) is -2.55. The molecule has 114 valence electrons. The van der Waals surface area contributed by atoms with Gasteiger partial charge in [-0.2, -0.15) is 18.3 Å². The van der Waals surface area contributed by atoms with Crippen LogP contribution in [0.4, 0.5) is 13.2 Å². The van der Waals surface area contributed by atoms with Crippen LogP contribution in [-0.4, -0.2) is 21.5 Å². The van der Waals surface area contributed by atoms with Crippen molar-refractivity contribution >= 4 is 0 Å². The van der Waals surface area contributed by atoms with Crippen molar-refractivity contribution in [2.45, 2.75) is 32.5 Å². The fourth-order valence-electron chi connectivity index (χ4n) is 2.12. The summed E-state index contributed by atoms with van der Waals surface area (Å²) in [6.45, 7) is 2.03. The number of aliphatic hydroxyl groups is 1. The highest BCUT2D eigenvalue weighted by Crippen LogP contribution is 2.30. The zero-order chi connectivity index (χ0) is 15.5. The van der Waals surface area contributed by atoms with E-state index in [0.717, 1.165) is 11.1 Å². The third kappa shape index (κ3) is 4.07. The first kappa shape index (κ1) is 15.6. The molecular weight excluding hydrogens is 281 g/mol. The zero-order valence-electron chi connectivity index (χ0n) is 11.7. The first-order valence-electron chi connectivity index (χ1n) is 6.70. The minimum Gasteiger partial charge on any atom is -0.396 e. The van der Waals surface area contributed by atoms with E-state index < -0.39 is 11.9 Å². The topological polar surface area (TPSA) is 38.0 Å². The van der Waals surface area contributed by atoms with Gasteiger partial charge in [0.1, 0.15) is 0 Å². The highest BCUT2D eigenvalue weighted by Gasteiger charge is 2.36. The van der Waals surface area contributed by atoms with Crippen molar-refractivity contribution < 1.29 is 18.3 Å². The number of aliphatic hydroxyl groups excluding tert-OH is 1. The number of hydrogen-bond acceptors (Lipinski definition) is 2. The van der Waals surface area contributed by atoms with Crippen LogP contribution in [0.15, 0.2) is 30.5 Å². The third-order valence-corrected chi connectivity index (χ3v) is 3.24. The average molecular weight is 298 g/mol. The molecule has 6 heteroatoms. The molecule has 0 spiro atoms. The fraction of sp³-hybridized carbons (Fsp3) is 0.400. The van der Waals surface area contributed by atoms with Crippen LogP contribution in [0.3, 0.4) is 0 Å². The van der Waals surface area contributed by atoms with Gasteiger partial charge in [0, 0.05) is 24.9 Å².